The Kier molecular flexibility index (Phi) is 4.74. The van der Waals surface area contributed by atoms with E-state index in [1.54, 1.807) is 13.0 Å². The first-order valence-corrected chi connectivity index (χ1v) is 6.98. The summed E-state index contributed by atoms with van der Waals surface area (Å²) in [6.45, 7) is 3.36. The minimum atomic E-state index is -0.664. The predicted molar refractivity (Wildman–Crippen MR) is 78.6 cm³/mol. The minimum Gasteiger partial charge on any atom is -0.392 e. The number of hydrogen-bond acceptors (Lipinski definition) is 5. The Morgan fingerprint density at radius 1 is 1.48 bits per heavy atom. The van der Waals surface area contributed by atoms with Crippen LogP contribution in [0.25, 0.3) is 0 Å². The van der Waals surface area contributed by atoms with Gasteiger partial charge in [-0.1, -0.05) is 0 Å². The van der Waals surface area contributed by atoms with Crippen LogP contribution in [0.15, 0.2) is 18.2 Å². The molecule has 1 heterocycles. The number of carbonyl (C=O) groups is 1. The summed E-state index contributed by atoms with van der Waals surface area (Å²) >= 11 is 0. The fraction of sp³-hybridized carbons (Fsp3) is 0.500. The summed E-state index contributed by atoms with van der Waals surface area (Å²) < 4.78 is 0. The van der Waals surface area contributed by atoms with Crippen LogP contribution in [-0.4, -0.2) is 41.7 Å². The third-order valence-corrected chi connectivity index (χ3v) is 3.44. The highest BCUT2D eigenvalue weighted by atomic mass is 16.6. The SMILES string of the molecule is CC(O)CNC(=O)c1cc([N+](=O)[O-])ccc1N1CCCC1. The number of aliphatic hydroxyl groups is 1. The quantitative estimate of drug-likeness (QED) is 0.630. The molecule has 1 atom stereocenters. The average Bonchev–Trinajstić information content (AvgIpc) is 2.98. The Morgan fingerprint density at radius 3 is 2.71 bits per heavy atom. The third kappa shape index (κ3) is 3.69. The topological polar surface area (TPSA) is 95.7 Å². The van der Waals surface area contributed by atoms with Gasteiger partial charge in [-0.3, -0.25) is 14.9 Å². The number of carbonyl (C=O) groups excluding carboxylic acids is 1. The minimum absolute atomic E-state index is 0.111. The number of nitro groups is 1. The number of non-ortho nitro benzene ring substituents is 1. The molecule has 1 aromatic rings. The van der Waals surface area contributed by atoms with Gasteiger partial charge < -0.3 is 15.3 Å². The van der Waals surface area contributed by atoms with Gasteiger partial charge in [0.1, 0.15) is 0 Å². The summed E-state index contributed by atoms with van der Waals surface area (Å²) in [6.07, 6.45) is 1.43. The van der Waals surface area contributed by atoms with Gasteiger partial charge in [0.2, 0.25) is 0 Å². The molecule has 0 aromatic heterocycles. The van der Waals surface area contributed by atoms with Gasteiger partial charge in [0.15, 0.2) is 0 Å². The molecule has 1 aliphatic heterocycles. The summed E-state index contributed by atoms with van der Waals surface area (Å²) in [5, 5.41) is 22.7. The molecule has 7 nitrogen and oxygen atoms in total. The average molecular weight is 293 g/mol. The number of nitro benzene ring substituents is 1. The maximum atomic E-state index is 12.2. The Bertz CT molecular complexity index is 539. The molecule has 0 radical (unpaired) electrons. The fourth-order valence-corrected chi connectivity index (χ4v) is 2.39. The van der Waals surface area contributed by atoms with Crippen LogP contribution in [0.4, 0.5) is 11.4 Å². The normalized spacial score (nSPS) is 15.8. The molecule has 7 heteroatoms. The van der Waals surface area contributed by atoms with Crippen LogP contribution in [0.3, 0.4) is 0 Å². The zero-order valence-electron chi connectivity index (χ0n) is 11.9. The van der Waals surface area contributed by atoms with E-state index in [1.807, 2.05) is 0 Å². The molecule has 2 rings (SSSR count). The van der Waals surface area contributed by atoms with E-state index >= 15 is 0 Å². The van der Waals surface area contributed by atoms with E-state index in [4.69, 9.17) is 0 Å². The summed E-state index contributed by atoms with van der Waals surface area (Å²) in [7, 11) is 0. The molecule has 1 aromatic carbocycles. The Labute approximate surface area is 122 Å². The molecule has 1 amide bonds. The van der Waals surface area contributed by atoms with Crippen molar-refractivity contribution in [2.24, 2.45) is 0 Å². The van der Waals surface area contributed by atoms with Crippen molar-refractivity contribution in [2.45, 2.75) is 25.9 Å². The number of benzene rings is 1. The van der Waals surface area contributed by atoms with E-state index in [1.165, 1.54) is 12.1 Å². The molecule has 0 aliphatic carbocycles. The summed E-state index contributed by atoms with van der Waals surface area (Å²) in [5.41, 5.74) is 0.882. The van der Waals surface area contributed by atoms with Crippen molar-refractivity contribution >= 4 is 17.3 Å². The second kappa shape index (κ2) is 6.53. The first kappa shape index (κ1) is 15.2. The lowest BCUT2D eigenvalue weighted by molar-refractivity contribution is -0.384. The number of aliphatic hydroxyl groups excluding tert-OH is 1. The van der Waals surface area contributed by atoms with Gasteiger partial charge in [-0.25, -0.2) is 0 Å². The van der Waals surface area contributed by atoms with Crippen LogP contribution in [0.1, 0.15) is 30.1 Å². The lowest BCUT2D eigenvalue weighted by Crippen LogP contribution is -2.32. The first-order chi connectivity index (χ1) is 9.99. The van der Waals surface area contributed by atoms with Gasteiger partial charge in [0.05, 0.1) is 22.3 Å². The summed E-state index contributed by atoms with van der Waals surface area (Å²) in [4.78, 5) is 24.7. The number of nitrogens with zero attached hydrogens (tertiary/aromatic N) is 2. The number of nitrogens with one attached hydrogen (secondary N) is 1. The van der Waals surface area contributed by atoms with E-state index in [-0.39, 0.29) is 17.8 Å². The molecular weight excluding hydrogens is 274 g/mol. The molecule has 114 valence electrons. The molecule has 1 aliphatic rings. The number of amides is 1. The van der Waals surface area contributed by atoms with Crippen LogP contribution in [0.5, 0.6) is 0 Å². The highest BCUT2D eigenvalue weighted by Crippen LogP contribution is 2.28. The van der Waals surface area contributed by atoms with Crippen molar-refractivity contribution in [1.82, 2.24) is 5.32 Å². The van der Waals surface area contributed by atoms with Crippen LogP contribution >= 0.6 is 0 Å². The van der Waals surface area contributed by atoms with Gasteiger partial charge in [-0.15, -0.1) is 0 Å². The van der Waals surface area contributed by atoms with E-state index < -0.39 is 16.9 Å². The van der Waals surface area contributed by atoms with E-state index in [0.29, 0.717) is 5.69 Å². The Hall–Kier alpha value is -2.15. The summed E-state index contributed by atoms with van der Waals surface area (Å²) in [6, 6.07) is 4.34. The Balaban J connectivity index is 2.31. The maximum absolute atomic E-state index is 12.2. The van der Waals surface area contributed by atoms with Crippen molar-refractivity contribution in [2.75, 3.05) is 24.5 Å². The van der Waals surface area contributed by atoms with Gasteiger partial charge in [0.25, 0.3) is 11.6 Å². The maximum Gasteiger partial charge on any atom is 0.270 e. The van der Waals surface area contributed by atoms with Gasteiger partial charge in [-0.05, 0) is 25.8 Å². The van der Waals surface area contributed by atoms with Crippen LogP contribution in [0.2, 0.25) is 0 Å². The molecular formula is C14H19N3O4. The molecule has 2 N–H and O–H groups in total. The summed E-state index contributed by atoms with van der Waals surface area (Å²) in [5.74, 6) is -0.401. The highest BCUT2D eigenvalue weighted by molar-refractivity contribution is 6.00. The zero-order valence-corrected chi connectivity index (χ0v) is 11.9. The molecule has 0 bridgehead atoms. The molecule has 0 saturated carbocycles. The van der Waals surface area contributed by atoms with Crippen molar-refractivity contribution in [3.8, 4) is 0 Å². The number of anilines is 1. The van der Waals surface area contributed by atoms with Crippen LogP contribution in [-0.2, 0) is 0 Å². The molecule has 1 unspecified atom stereocenters. The molecule has 21 heavy (non-hydrogen) atoms. The van der Waals surface area contributed by atoms with Gasteiger partial charge in [0, 0.05) is 31.8 Å². The number of rotatable bonds is 5. The van der Waals surface area contributed by atoms with Gasteiger partial charge >= 0.3 is 0 Å². The van der Waals surface area contributed by atoms with Crippen molar-refractivity contribution in [1.29, 1.82) is 0 Å². The van der Waals surface area contributed by atoms with Crippen LogP contribution in [0, 0.1) is 10.1 Å². The molecule has 1 fully saturated rings. The third-order valence-electron chi connectivity index (χ3n) is 3.44. The number of hydrogen-bond donors (Lipinski definition) is 2. The van der Waals surface area contributed by atoms with Gasteiger partial charge in [-0.2, -0.15) is 0 Å². The van der Waals surface area contributed by atoms with E-state index in [9.17, 15) is 20.0 Å². The molecule has 0 spiro atoms. The van der Waals surface area contributed by atoms with Crippen molar-refractivity contribution < 1.29 is 14.8 Å². The monoisotopic (exact) mass is 293 g/mol. The lowest BCUT2D eigenvalue weighted by atomic mass is 10.1. The van der Waals surface area contributed by atoms with Crippen molar-refractivity contribution in [3.05, 3.63) is 33.9 Å². The fourth-order valence-electron chi connectivity index (χ4n) is 2.39. The molecule has 1 saturated heterocycles. The van der Waals surface area contributed by atoms with E-state index in [2.05, 4.69) is 10.2 Å². The highest BCUT2D eigenvalue weighted by Gasteiger charge is 2.22. The smallest absolute Gasteiger partial charge is 0.270 e. The first-order valence-electron chi connectivity index (χ1n) is 6.98. The second-order valence-corrected chi connectivity index (χ2v) is 5.21. The Morgan fingerprint density at radius 2 is 2.14 bits per heavy atom. The second-order valence-electron chi connectivity index (χ2n) is 5.21. The van der Waals surface area contributed by atoms with E-state index in [0.717, 1.165) is 25.9 Å². The van der Waals surface area contributed by atoms with Crippen molar-refractivity contribution in [3.63, 3.8) is 0 Å². The lowest BCUT2D eigenvalue weighted by Gasteiger charge is -2.21. The zero-order chi connectivity index (χ0) is 15.4. The van der Waals surface area contributed by atoms with Crippen LogP contribution < -0.4 is 10.2 Å². The largest absolute Gasteiger partial charge is 0.392 e. The standard InChI is InChI=1S/C14H19N3O4/c1-10(18)9-15-14(19)12-8-11(17(20)21)4-5-13(12)16-6-2-3-7-16/h4-5,8,10,18H,2-3,6-7,9H2,1H3,(H,15,19). The predicted octanol–water partition coefficient (Wildman–Crippen LogP) is 1.31.